The number of hydrogen-bond acceptors (Lipinski definition) is 8. The first-order valence-corrected chi connectivity index (χ1v) is 10.2. The zero-order chi connectivity index (χ0) is 20.4. The maximum atomic E-state index is 12.3. The molecule has 10 heteroatoms. The van der Waals surface area contributed by atoms with Crippen molar-refractivity contribution in [1.29, 1.82) is 0 Å². The first-order valence-electron chi connectivity index (χ1n) is 8.43. The van der Waals surface area contributed by atoms with Crippen LogP contribution >= 0.6 is 27.7 Å². The Kier molecular flexibility index (Phi) is 5.54. The second-order valence-electron chi connectivity index (χ2n) is 5.92. The van der Waals surface area contributed by atoms with Gasteiger partial charge in [-0.05, 0) is 40.2 Å². The molecule has 0 aliphatic rings. The van der Waals surface area contributed by atoms with Gasteiger partial charge in [0, 0.05) is 34.1 Å². The molecule has 0 N–H and O–H groups in total. The summed E-state index contributed by atoms with van der Waals surface area (Å²) in [7, 11) is 3.15. The number of nitrogens with zero attached hydrogens (tertiary/aromatic N) is 4. The Hall–Kier alpha value is -2.85. The number of aromatic nitrogens is 4. The molecular weight excluding hydrogens is 460 g/mol. The van der Waals surface area contributed by atoms with E-state index >= 15 is 0 Å². The lowest BCUT2D eigenvalue weighted by atomic mass is 10.2. The van der Waals surface area contributed by atoms with Crippen LogP contribution < -0.4 is 15.0 Å². The van der Waals surface area contributed by atoms with Crippen LogP contribution in [0.2, 0.25) is 0 Å². The summed E-state index contributed by atoms with van der Waals surface area (Å²) in [5, 5.41) is 8.52. The normalized spacial score (nSPS) is 11.0. The molecule has 3 heterocycles. The van der Waals surface area contributed by atoms with Crippen molar-refractivity contribution in [2.75, 3.05) is 14.2 Å². The second kappa shape index (κ2) is 8.26. The number of rotatable bonds is 6. The van der Waals surface area contributed by atoms with Crippen molar-refractivity contribution >= 4 is 33.3 Å². The van der Waals surface area contributed by atoms with E-state index in [1.165, 1.54) is 22.2 Å². The highest BCUT2D eigenvalue weighted by molar-refractivity contribution is 9.10. The van der Waals surface area contributed by atoms with Crippen LogP contribution in [0.3, 0.4) is 0 Å². The highest BCUT2D eigenvalue weighted by Gasteiger charge is 2.13. The fourth-order valence-corrected chi connectivity index (χ4v) is 3.64. The minimum atomic E-state index is -0.151. The molecule has 0 saturated carbocycles. The van der Waals surface area contributed by atoms with Gasteiger partial charge >= 0.3 is 0 Å². The van der Waals surface area contributed by atoms with Crippen molar-refractivity contribution in [2.24, 2.45) is 0 Å². The van der Waals surface area contributed by atoms with E-state index < -0.39 is 0 Å². The lowest BCUT2D eigenvalue weighted by molar-refractivity contribution is 0.394. The Labute approximate surface area is 178 Å². The lowest BCUT2D eigenvalue weighted by Crippen LogP contribution is -2.15. The van der Waals surface area contributed by atoms with E-state index in [1.807, 2.05) is 6.07 Å². The summed E-state index contributed by atoms with van der Waals surface area (Å²) in [5.41, 5.74) is 1.74. The molecule has 0 aliphatic carbocycles. The predicted octanol–water partition coefficient (Wildman–Crippen LogP) is 3.82. The molecular formula is C19H15BrN4O4S. The number of hydrogen-bond donors (Lipinski definition) is 0. The van der Waals surface area contributed by atoms with Crippen LogP contribution in [0.25, 0.3) is 17.1 Å². The van der Waals surface area contributed by atoms with E-state index in [1.54, 1.807) is 44.7 Å². The number of pyridine rings is 1. The van der Waals surface area contributed by atoms with Gasteiger partial charge in [0.2, 0.25) is 5.89 Å². The van der Waals surface area contributed by atoms with E-state index in [2.05, 4.69) is 31.1 Å². The van der Waals surface area contributed by atoms with Gasteiger partial charge in [-0.3, -0.25) is 9.20 Å². The minimum absolute atomic E-state index is 0.151. The summed E-state index contributed by atoms with van der Waals surface area (Å²) < 4.78 is 18.6. The minimum Gasteiger partial charge on any atom is -0.497 e. The third-order valence-corrected chi connectivity index (χ3v) is 5.35. The van der Waals surface area contributed by atoms with E-state index in [4.69, 9.17) is 13.9 Å². The summed E-state index contributed by atoms with van der Waals surface area (Å²) in [6, 6.07) is 10.4. The Morgan fingerprint density at radius 3 is 2.59 bits per heavy atom. The number of halogens is 1. The quantitative estimate of drug-likeness (QED) is 0.389. The summed E-state index contributed by atoms with van der Waals surface area (Å²) in [6.45, 7) is 0. The van der Waals surface area contributed by atoms with Crippen LogP contribution in [0, 0.1) is 0 Å². The van der Waals surface area contributed by atoms with Crippen LogP contribution in [-0.2, 0) is 5.75 Å². The first kappa shape index (κ1) is 19.5. The molecule has 0 radical (unpaired) electrons. The fourth-order valence-electron chi connectivity index (χ4n) is 2.65. The van der Waals surface area contributed by atoms with Crippen molar-refractivity contribution in [3.8, 4) is 23.0 Å². The van der Waals surface area contributed by atoms with Crippen LogP contribution in [0.4, 0.5) is 0 Å². The molecule has 0 amide bonds. The van der Waals surface area contributed by atoms with Crippen molar-refractivity contribution in [3.05, 3.63) is 63.1 Å². The second-order valence-corrected chi connectivity index (χ2v) is 7.77. The van der Waals surface area contributed by atoms with Gasteiger partial charge in [-0.1, -0.05) is 11.8 Å². The monoisotopic (exact) mass is 474 g/mol. The number of benzene rings is 1. The zero-order valence-electron chi connectivity index (χ0n) is 15.5. The van der Waals surface area contributed by atoms with Gasteiger partial charge in [0.15, 0.2) is 0 Å². The smallest absolute Gasteiger partial charge is 0.277 e. The average molecular weight is 475 g/mol. The molecule has 0 spiro atoms. The molecule has 3 aromatic heterocycles. The van der Waals surface area contributed by atoms with Crippen molar-refractivity contribution in [2.45, 2.75) is 11.0 Å². The van der Waals surface area contributed by atoms with Gasteiger partial charge in [-0.25, -0.2) is 4.98 Å². The summed E-state index contributed by atoms with van der Waals surface area (Å²) in [6.07, 6.45) is 1.69. The first-order chi connectivity index (χ1) is 14.1. The predicted molar refractivity (Wildman–Crippen MR) is 112 cm³/mol. The fraction of sp³-hybridized carbons (Fsp3) is 0.158. The SMILES string of the molecule is COc1cc(OC)cc(-c2nnc(SCc3cc(=O)n4cc(Br)ccc4n3)o2)c1. The molecule has 8 nitrogen and oxygen atoms in total. The van der Waals surface area contributed by atoms with Crippen LogP contribution in [0.5, 0.6) is 11.5 Å². The summed E-state index contributed by atoms with van der Waals surface area (Å²) >= 11 is 4.66. The molecule has 148 valence electrons. The van der Waals surface area contributed by atoms with E-state index in [0.717, 1.165) is 4.47 Å². The summed E-state index contributed by atoms with van der Waals surface area (Å²) in [5.74, 6) is 2.02. The van der Waals surface area contributed by atoms with Crippen LogP contribution in [0.1, 0.15) is 5.69 Å². The Balaban J connectivity index is 1.54. The van der Waals surface area contributed by atoms with Crippen molar-refractivity contribution in [1.82, 2.24) is 19.6 Å². The summed E-state index contributed by atoms with van der Waals surface area (Å²) in [4.78, 5) is 16.8. The molecule has 4 rings (SSSR count). The van der Waals surface area contributed by atoms with Gasteiger partial charge < -0.3 is 13.9 Å². The van der Waals surface area contributed by atoms with Crippen LogP contribution in [0.15, 0.2) is 61.5 Å². The highest BCUT2D eigenvalue weighted by Crippen LogP contribution is 2.31. The van der Waals surface area contributed by atoms with E-state index in [-0.39, 0.29) is 5.56 Å². The Bertz CT molecular complexity index is 1220. The zero-order valence-corrected chi connectivity index (χ0v) is 17.9. The largest absolute Gasteiger partial charge is 0.497 e. The van der Waals surface area contributed by atoms with E-state index in [9.17, 15) is 4.79 Å². The molecule has 0 unspecified atom stereocenters. The third-order valence-electron chi connectivity index (χ3n) is 4.02. The van der Waals surface area contributed by atoms with Gasteiger partial charge in [-0.15, -0.1) is 10.2 Å². The maximum Gasteiger partial charge on any atom is 0.277 e. The van der Waals surface area contributed by atoms with Gasteiger partial charge in [0.25, 0.3) is 10.8 Å². The topological polar surface area (TPSA) is 91.8 Å². The Morgan fingerprint density at radius 1 is 1.10 bits per heavy atom. The highest BCUT2D eigenvalue weighted by atomic mass is 79.9. The number of ether oxygens (including phenoxy) is 2. The molecule has 1 aromatic carbocycles. The third kappa shape index (κ3) is 4.28. The molecule has 29 heavy (non-hydrogen) atoms. The van der Waals surface area contributed by atoms with Crippen molar-refractivity contribution < 1.29 is 13.9 Å². The molecule has 0 bridgehead atoms. The Morgan fingerprint density at radius 2 is 1.86 bits per heavy atom. The maximum absolute atomic E-state index is 12.3. The van der Waals surface area contributed by atoms with Gasteiger partial charge in [-0.2, -0.15) is 0 Å². The molecule has 0 fully saturated rings. The van der Waals surface area contributed by atoms with Gasteiger partial charge in [0.1, 0.15) is 17.1 Å². The molecule has 0 aliphatic heterocycles. The lowest BCUT2D eigenvalue weighted by Gasteiger charge is -2.05. The molecule has 4 aromatic rings. The van der Waals surface area contributed by atoms with Gasteiger partial charge in [0.05, 0.1) is 19.9 Å². The molecule has 0 saturated heterocycles. The standard InChI is InChI=1S/C19H15BrN4O4S/c1-26-14-5-11(6-15(8-14)27-2)18-22-23-19(28-18)29-10-13-7-17(25)24-9-12(20)3-4-16(24)21-13/h3-9H,10H2,1-2H3. The van der Waals surface area contributed by atoms with Crippen molar-refractivity contribution in [3.63, 3.8) is 0 Å². The van der Waals surface area contributed by atoms with Crippen LogP contribution in [-0.4, -0.2) is 33.8 Å². The number of thioether (sulfide) groups is 1. The average Bonchev–Trinajstić information content (AvgIpc) is 3.21. The molecule has 0 atom stereocenters. The number of methoxy groups -OCH3 is 2. The van der Waals surface area contributed by atoms with E-state index in [0.29, 0.717) is 45.3 Å². The number of fused-ring (bicyclic) bond motifs is 1.